The summed E-state index contributed by atoms with van der Waals surface area (Å²) in [5, 5.41) is 11.1. The molecule has 100 valence electrons. The fourth-order valence-corrected chi connectivity index (χ4v) is 1.74. The number of aromatic nitrogens is 2. The minimum atomic E-state index is -1.22. The number of carbonyl (C=O) groups excluding carboxylic acids is 2. The Hall–Kier alpha value is -2.51. The summed E-state index contributed by atoms with van der Waals surface area (Å²) in [6.45, 7) is 3.14. The van der Waals surface area contributed by atoms with E-state index >= 15 is 0 Å². The molecular weight excluding hydrogens is 252 g/mol. The van der Waals surface area contributed by atoms with E-state index in [1.165, 1.54) is 11.1 Å². The molecule has 2 rings (SSSR count). The summed E-state index contributed by atoms with van der Waals surface area (Å²) in [5.41, 5.74) is -1.26. The molecule has 2 heterocycles. The third-order valence-corrected chi connectivity index (χ3v) is 2.90. The second kappa shape index (κ2) is 4.30. The summed E-state index contributed by atoms with van der Waals surface area (Å²) in [7, 11) is 0. The molecule has 0 aromatic carbocycles. The van der Waals surface area contributed by atoms with E-state index in [2.05, 4.69) is 15.3 Å². The lowest BCUT2D eigenvalue weighted by atomic mass is 9.99. The minimum Gasteiger partial charge on any atom is -0.476 e. The van der Waals surface area contributed by atoms with Crippen molar-refractivity contribution in [2.45, 2.75) is 19.4 Å². The van der Waals surface area contributed by atoms with Crippen molar-refractivity contribution in [1.82, 2.24) is 15.3 Å². The Kier molecular flexibility index (Phi) is 2.93. The molecule has 0 radical (unpaired) electrons. The second-order valence-corrected chi connectivity index (χ2v) is 4.59. The van der Waals surface area contributed by atoms with Crippen molar-refractivity contribution in [3.8, 4) is 0 Å². The van der Waals surface area contributed by atoms with Crippen molar-refractivity contribution < 1.29 is 19.5 Å². The summed E-state index contributed by atoms with van der Waals surface area (Å²) < 4.78 is 0. The van der Waals surface area contributed by atoms with Gasteiger partial charge in [0.2, 0.25) is 5.91 Å². The van der Waals surface area contributed by atoms with Gasteiger partial charge in [0.05, 0.1) is 18.9 Å². The van der Waals surface area contributed by atoms with E-state index in [0.717, 1.165) is 6.20 Å². The van der Waals surface area contributed by atoms with Gasteiger partial charge in [0.25, 0.3) is 5.91 Å². The number of piperazine rings is 1. The van der Waals surface area contributed by atoms with Gasteiger partial charge in [-0.15, -0.1) is 0 Å². The molecule has 19 heavy (non-hydrogen) atoms. The second-order valence-electron chi connectivity index (χ2n) is 4.59. The number of nitrogens with zero attached hydrogens (tertiary/aromatic N) is 3. The highest BCUT2D eigenvalue weighted by Crippen LogP contribution is 2.24. The van der Waals surface area contributed by atoms with Crippen LogP contribution in [-0.4, -0.2) is 44.9 Å². The van der Waals surface area contributed by atoms with Crippen LogP contribution >= 0.6 is 0 Å². The zero-order valence-electron chi connectivity index (χ0n) is 10.4. The maximum atomic E-state index is 11.8. The van der Waals surface area contributed by atoms with Crippen LogP contribution in [0.15, 0.2) is 12.4 Å². The maximum absolute atomic E-state index is 11.8. The Balaban J connectivity index is 2.44. The largest absolute Gasteiger partial charge is 0.476 e. The molecule has 8 heteroatoms. The smallest absolute Gasteiger partial charge is 0.356 e. The van der Waals surface area contributed by atoms with Crippen LogP contribution in [0.1, 0.15) is 24.3 Å². The number of hydrogen-bond acceptors (Lipinski definition) is 6. The first kappa shape index (κ1) is 12.9. The number of hydrogen-bond donors (Lipinski definition) is 2. The van der Waals surface area contributed by atoms with Gasteiger partial charge in [0.15, 0.2) is 5.69 Å². The summed E-state index contributed by atoms with van der Waals surface area (Å²) in [4.78, 5) is 43.2. The molecule has 1 aliphatic heterocycles. The Labute approximate surface area is 108 Å². The van der Waals surface area contributed by atoms with Crippen LogP contribution < -0.4 is 10.2 Å². The monoisotopic (exact) mass is 264 g/mol. The lowest BCUT2D eigenvalue weighted by Gasteiger charge is -2.40. The van der Waals surface area contributed by atoms with Crippen molar-refractivity contribution in [1.29, 1.82) is 0 Å². The average molecular weight is 264 g/mol. The predicted molar refractivity (Wildman–Crippen MR) is 63.6 cm³/mol. The van der Waals surface area contributed by atoms with Crippen LogP contribution in [0, 0.1) is 0 Å². The zero-order valence-corrected chi connectivity index (χ0v) is 10.4. The summed E-state index contributed by atoms with van der Waals surface area (Å²) >= 11 is 0. The average Bonchev–Trinajstić information content (AvgIpc) is 2.34. The third-order valence-electron chi connectivity index (χ3n) is 2.90. The standard InChI is InChI=1S/C11H12N4O4/c1-11(2)10(19)14-8(16)5-15(11)7-4-12-3-6(13-7)9(17)18/h3-4H,5H2,1-2H3,(H,17,18)(H,14,16,19). The van der Waals surface area contributed by atoms with E-state index in [0.29, 0.717) is 0 Å². The van der Waals surface area contributed by atoms with Gasteiger partial charge in [-0.3, -0.25) is 19.9 Å². The van der Waals surface area contributed by atoms with Crippen LogP contribution in [0.2, 0.25) is 0 Å². The molecule has 0 bridgehead atoms. The number of nitrogens with one attached hydrogen (secondary N) is 1. The summed E-state index contributed by atoms with van der Waals surface area (Å²) in [6.07, 6.45) is 2.42. The first-order chi connectivity index (χ1) is 8.82. The third kappa shape index (κ3) is 2.24. The zero-order chi connectivity index (χ0) is 14.2. The lowest BCUT2D eigenvalue weighted by Crippen LogP contribution is -2.64. The number of carbonyl (C=O) groups is 3. The molecule has 0 aliphatic carbocycles. The number of carboxylic acid groups (broad SMARTS) is 1. The molecule has 1 saturated heterocycles. The predicted octanol–water partition coefficient (Wildman–Crippen LogP) is -0.584. The molecule has 1 aliphatic rings. The van der Waals surface area contributed by atoms with Crippen LogP contribution in [0.5, 0.6) is 0 Å². The fraction of sp³-hybridized carbons (Fsp3) is 0.364. The Bertz CT molecular complexity index is 570. The van der Waals surface area contributed by atoms with E-state index in [9.17, 15) is 14.4 Å². The van der Waals surface area contributed by atoms with Crippen molar-refractivity contribution in [2.24, 2.45) is 0 Å². The molecule has 2 N–H and O–H groups in total. The number of imide groups is 1. The fourth-order valence-electron chi connectivity index (χ4n) is 1.74. The van der Waals surface area contributed by atoms with Gasteiger partial charge in [-0.25, -0.2) is 9.78 Å². The molecule has 8 nitrogen and oxygen atoms in total. The first-order valence-corrected chi connectivity index (χ1v) is 5.49. The molecule has 0 atom stereocenters. The SMILES string of the molecule is CC1(C)C(=O)NC(=O)CN1c1cncc(C(=O)O)n1. The highest BCUT2D eigenvalue weighted by molar-refractivity contribution is 6.06. The molecule has 1 aromatic rings. The lowest BCUT2D eigenvalue weighted by molar-refractivity contribution is -0.135. The van der Waals surface area contributed by atoms with Crippen molar-refractivity contribution in [3.05, 3.63) is 18.1 Å². The van der Waals surface area contributed by atoms with Gasteiger partial charge < -0.3 is 10.0 Å². The van der Waals surface area contributed by atoms with Crippen molar-refractivity contribution >= 4 is 23.6 Å². The van der Waals surface area contributed by atoms with E-state index in [4.69, 9.17) is 5.11 Å². The topological polar surface area (TPSA) is 112 Å². The number of rotatable bonds is 2. The van der Waals surface area contributed by atoms with Crippen molar-refractivity contribution in [2.75, 3.05) is 11.4 Å². The van der Waals surface area contributed by atoms with Gasteiger partial charge in [0.1, 0.15) is 11.4 Å². The number of aromatic carboxylic acids is 1. The van der Waals surface area contributed by atoms with Crippen LogP contribution in [0.4, 0.5) is 5.82 Å². The van der Waals surface area contributed by atoms with Gasteiger partial charge in [-0.1, -0.05) is 0 Å². The Morgan fingerprint density at radius 1 is 1.42 bits per heavy atom. The Morgan fingerprint density at radius 3 is 2.74 bits per heavy atom. The highest BCUT2D eigenvalue weighted by atomic mass is 16.4. The molecule has 1 aromatic heterocycles. The van der Waals surface area contributed by atoms with Crippen LogP contribution in [-0.2, 0) is 9.59 Å². The van der Waals surface area contributed by atoms with Crippen LogP contribution in [0.25, 0.3) is 0 Å². The molecule has 1 fully saturated rings. The summed E-state index contributed by atoms with van der Waals surface area (Å²) in [5.74, 6) is -1.98. The Morgan fingerprint density at radius 2 is 2.11 bits per heavy atom. The first-order valence-electron chi connectivity index (χ1n) is 5.49. The summed E-state index contributed by atoms with van der Waals surface area (Å²) in [6, 6.07) is 0. The quantitative estimate of drug-likeness (QED) is 0.687. The van der Waals surface area contributed by atoms with Gasteiger partial charge in [-0.2, -0.15) is 0 Å². The molecule has 0 unspecified atom stereocenters. The normalized spacial score (nSPS) is 18.1. The van der Waals surface area contributed by atoms with E-state index in [-0.39, 0.29) is 18.1 Å². The minimum absolute atomic E-state index is 0.0868. The van der Waals surface area contributed by atoms with E-state index in [1.54, 1.807) is 13.8 Å². The van der Waals surface area contributed by atoms with E-state index < -0.39 is 23.3 Å². The molecule has 0 spiro atoms. The van der Waals surface area contributed by atoms with Gasteiger partial charge in [-0.05, 0) is 13.8 Å². The maximum Gasteiger partial charge on any atom is 0.356 e. The number of carboxylic acids is 1. The highest BCUT2D eigenvalue weighted by Gasteiger charge is 2.41. The van der Waals surface area contributed by atoms with Gasteiger partial charge in [0, 0.05) is 0 Å². The van der Waals surface area contributed by atoms with Gasteiger partial charge >= 0.3 is 5.97 Å². The van der Waals surface area contributed by atoms with Crippen LogP contribution in [0.3, 0.4) is 0 Å². The molecule has 2 amide bonds. The molecule has 0 saturated carbocycles. The number of anilines is 1. The molecular formula is C11H12N4O4. The van der Waals surface area contributed by atoms with E-state index in [1.807, 2.05) is 0 Å². The number of amides is 2. The van der Waals surface area contributed by atoms with Crippen molar-refractivity contribution in [3.63, 3.8) is 0 Å².